The monoisotopic (exact) mass is 252 g/mol. The number of halogens is 3. The van der Waals surface area contributed by atoms with Crippen LogP contribution in [0.25, 0.3) is 11.0 Å². The zero-order valence-corrected chi connectivity index (χ0v) is 9.44. The molecule has 0 aromatic carbocycles. The highest BCUT2D eigenvalue weighted by Gasteiger charge is 2.31. The molecular weight excluding hydrogens is 248 g/mol. The van der Waals surface area contributed by atoms with Crippen molar-refractivity contribution in [2.24, 2.45) is 0 Å². The molecule has 17 heavy (non-hydrogen) atoms. The van der Waals surface area contributed by atoms with Gasteiger partial charge in [-0.25, -0.2) is 4.98 Å². The summed E-state index contributed by atoms with van der Waals surface area (Å²) in [6.07, 6.45) is -3.78. The number of nitrogens with zero attached hydrogens (tertiary/aromatic N) is 3. The molecule has 0 aliphatic carbocycles. The van der Waals surface area contributed by atoms with Crippen molar-refractivity contribution in [2.45, 2.75) is 6.18 Å². The molecule has 2 radical (unpaired) electrons. The van der Waals surface area contributed by atoms with Crippen molar-refractivity contribution in [1.82, 2.24) is 8.53 Å². The molecule has 0 bridgehead atoms. The number of nitrogen functional groups attached to an aromatic ring is 1. The van der Waals surface area contributed by atoms with E-state index in [0.717, 1.165) is 6.07 Å². The van der Waals surface area contributed by atoms with Gasteiger partial charge in [0.15, 0.2) is 0 Å². The van der Waals surface area contributed by atoms with Crippen molar-refractivity contribution in [3.05, 3.63) is 23.4 Å². The number of anilines is 1. The van der Waals surface area contributed by atoms with Crippen LogP contribution >= 0.6 is 0 Å². The van der Waals surface area contributed by atoms with Crippen LogP contribution in [0.15, 0.2) is 12.3 Å². The largest absolute Gasteiger partial charge is 0.424 e. The summed E-state index contributed by atoms with van der Waals surface area (Å²) in [7, 11) is 0. The molecule has 2 rings (SSSR count). The Morgan fingerprint density at radius 1 is 1.47 bits per heavy atom. The number of pyridine rings is 1. The van der Waals surface area contributed by atoms with Crippen LogP contribution in [-0.4, -0.2) is 25.0 Å². The number of nitriles is 1. The second kappa shape index (κ2) is 3.66. The average molecular weight is 252 g/mol. The first-order chi connectivity index (χ1) is 7.86. The summed E-state index contributed by atoms with van der Waals surface area (Å²) in [6, 6.07) is 2.64. The van der Waals surface area contributed by atoms with Crippen LogP contribution < -0.4 is 5.73 Å². The predicted octanol–water partition coefficient (Wildman–Crippen LogP) is 1.44. The van der Waals surface area contributed by atoms with Crippen LogP contribution in [0.5, 0.6) is 0 Å². The maximum absolute atomic E-state index is 12.5. The minimum atomic E-state index is -4.49. The van der Waals surface area contributed by atoms with Crippen molar-refractivity contribution in [3.63, 3.8) is 0 Å². The zero-order chi connectivity index (χ0) is 12.8. The molecule has 0 atom stereocenters. The maximum Gasteiger partial charge on any atom is 0.417 e. The van der Waals surface area contributed by atoms with Crippen molar-refractivity contribution >= 4 is 33.4 Å². The topological polar surface area (TPSA) is 67.6 Å². The van der Waals surface area contributed by atoms with E-state index in [4.69, 9.17) is 11.0 Å². The van der Waals surface area contributed by atoms with Gasteiger partial charge in [-0.1, -0.05) is 0 Å². The SMILES string of the molecule is N#Cc1c(N)[n]([Al])c2ncc(C(F)(F)F)cc12. The lowest BCUT2D eigenvalue weighted by atomic mass is 10.1. The van der Waals surface area contributed by atoms with Crippen molar-refractivity contribution < 1.29 is 13.2 Å². The minimum Gasteiger partial charge on any atom is -0.424 e. The van der Waals surface area contributed by atoms with E-state index in [1.807, 2.05) is 0 Å². The first-order valence-electron chi connectivity index (χ1n) is 4.38. The van der Waals surface area contributed by atoms with E-state index in [2.05, 4.69) is 21.5 Å². The first kappa shape index (κ1) is 11.8. The maximum atomic E-state index is 12.5. The van der Waals surface area contributed by atoms with Crippen LogP contribution in [0.2, 0.25) is 0 Å². The Hall–Kier alpha value is -1.70. The summed E-state index contributed by atoms with van der Waals surface area (Å²) >= 11 is 2.20. The Morgan fingerprint density at radius 2 is 2.12 bits per heavy atom. The summed E-state index contributed by atoms with van der Waals surface area (Å²) in [4.78, 5) is 3.67. The van der Waals surface area contributed by atoms with E-state index >= 15 is 0 Å². The number of hydrogen-bond donors (Lipinski definition) is 1. The Morgan fingerprint density at radius 3 is 2.65 bits per heavy atom. The smallest absolute Gasteiger partial charge is 0.417 e. The van der Waals surface area contributed by atoms with E-state index < -0.39 is 11.7 Å². The highest BCUT2D eigenvalue weighted by Crippen LogP contribution is 2.33. The normalized spacial score (nSPS) is 11.6. The molecule has 0 fully saturated rings. The Labute approximate surface area is 102 Å². The summed E-state index contributed by atoms with van der Waals surface area (Å²) in [5, 5.41) is 8.95. The Bertz CT molecular complexity index is 638. The standard InChI is InChI=1S/C9H4F3N4.Al/c10-9(11,12)4-1-5-6(2-13)7(14)16-8(5)15-3-4;/h1,3H,14H2;/q-1;+1. The molecule has 8 heteroatoms. The van der Waals surface area contributed by atoms with Crippen molar-refractivity contribution in [2.75, 3.05) is 5.73 Å². The quantitative estimate of drug-likeness (QED) is 0.721. The second-order valence-corrected chi connectivity index (χ2v) is 3.85. The van der Waals surface area contributed by atoms with Crippen LogP contribution in [0, 0.1) is 11.3 Å². The number of aromatic nitrogens is 2. The summed E-state index contributed by atoms with van der Waals surface area (Å²) < 4.78 is 38.8. The first-order valence-corrected chi connectivity index (χ1v) is 4.90. The van der Waals surface area contributed by atoms with E-state index in [1.165, 1.54) is 3.55 Å². The molecule has 0 unspecified atom stereocenters. The highest BCUT2D eigenvalue weighted by atomic mass is 27.1. The van der Waals surface area contributed by atoms with Crippen LogP contribution in [-0.2, 0) is 6.18 Å². The molecule has 2 heterocycles. The van der Waals surface area contributed by atoms with Crippen LogP contribution in [0.3, 0.4) is 0 Å². The van der Waals surface area contributed by atoms with E-state index in [1.54, 1.807) is 6.07 Å². The van der Waals surface area contributed by atoms with Gasteiger partial charge in [0.2, 0.25) is 0 Å². The van der Waals surface area contributed by atoms with Gasteiger partial charge in [0, 0.05) is 11.6 Å². The zero-order valence-electron chi connectivity index (χ0n) is 8.28. The molecule has 0 aliphatic heterocycles. The molecule has 84 valence electrons. The third-order valence-electron chi connectivity index (χ3n) is 2.32. The predicted molar refractivity (Wildman–Crippen MR) is 55.0 cm³/mol. The number of nitrogens with two attached hydrogens (primary N) is 1. The summed E-state index contributed by atoms with van der Waals surface area (Å²) in [5.74, 6) is 0.0688. The van der Waals surface area contributed by atoms with E-state index in [0.29, 0.717) is 6.20 Å². The lowest BCUT2D eigenvalue weighted by Crippen LogP contribution is -2.05. The fourth-order valence-corrected chi connectivity index (χ4v) is 1.81. The number of hydrogen-bond acceptors (Lipinski definition) is 3. The molecule has 2 N–H and O–H groups in total. The molecule has 2 aromatic rings. The Balaban J connectivity index is 2.83. The summed E-state index contributed by atoms with van der Waals surface area (Å²) in [5.41, 5.74) is 4.89. The number of alkyl halides is 3. The van der Waals surface area contributed by atoms with Gasteiger partial charge in [0.05, 0.1) is 11.4 Å². The van der Waals surface area contributed by atoms with Gasteiger partial charge in [0.25, 0.3) is 0 Å². The molecule has 2 aromatic heterocycles. The number of fused-ring (bicyclic) bond motifs is 1. The van der Waals surface area contributed by atoms with Gasteiger partial charge in [-0.3, -0.25) is 0 Å². The van der Waals surface area contributed by atoms with Crippen molar-refractivity contribution in [1.29, 1.82) is 5.26 Å². The fraction of sp³-hybridized carbons (Fsp3) is 0.111. The Kier molecular flexibility index (Phi) is 2.53. The molecule has 0 saturated heterocycles. The third-order valence-corrected chi connectivity index (χ3v) is 2.84. The molecule has 0 aliphatic rings. The van der Waals surface area contributed by atoms with Gasteiger partial charge in [0.1, 0.15) is 17.3 Å². The lowest BCUT2D eigenvalue weighted by molar-refractivity contribution is -0.137. The molecule has 0 saturated carbocycles. The van der Waals surface area contributed by atoms with Gasteiger partial charge < -0.3 is 9.28 Å². The molecule has 0 amide bonds. The summed E-state index contributed by atoms with van der Waals surface area (Å²) in [6.45, 7) is 0. The van der Waals surface area contributed by atoms with Crippen LogP contribution in [0.4, 0.5) is 19.0 Å². The van der Waals surface area contributed by atoms with Gasteiger partial charge in [-0.15, -0.1) is 0 Å². The fourth-order valence-electron chi connectivity index (χ4n) is 1.48. The number of rotatable bonds is 0. The van der Waals surface area contributed by atoms with Gasteiger partial charge in [-0.2, -0.15) is 18.4 Å². The van der Waals surface area contributed by atoms with Gasteiger partial charge >= 0.3 is 22.7 Å². The van der Waals surface area contributed by atoms with Crippen molar-refractivity contribution in [3.8, 4) is 6.07 Å². The van der Waals surface area contributed by atoms with Gasteiger partial charge in [-0.05, 0) is 6.07 Å². The van der Waals surface area contributed by atoms with E-state index in [9.17, 15) is 13.2 Å². The minimum absolute atomic E-state index is 0.00593. The molecule has 0 spiro atoms. The van der Waals surface area contributed by atoms with Crippen LogP contribution in [0.1, 0.15) is 11.1 Å². The van der Waals surface area contributed by atoms with E-state index in [-0.39, 0.29) is 22.4 Å². The second-order valence-electron chi connectivity index (χ2n) is 3.33. The molecule has 4 nitrogen and oxygen atoms in total. The highest BCUT2D eigenvalue weighted by molar-refractivity contribution is 6.14. The molecular formula is C9H4AlF3N4. The lowest BCUT2D eigenvalue weighted by Gasteiger charge is -2.06. The average Bonchev–Trinajstić information content (AvgIpc) is 2.50. The third kappa shape index (κ3) is 1.74.